The second-order valence-electron chi connectivity index (χ2n) is 8.51. The fourth-order valence-corrected chi connectivity index (χ4v) is 4.03. The van der Waals surface area contributed by atoms with E-state index in [-0.39, 0.29) is 33.6 Å². The maximum atomic E-state index is 14.2. The molecule has 0 bridgehead atoms. The number of carbonyl (C=O) groups is 1. The van der Waals surface area contributed by atoms with Gasteiger partial charge in [-0.3, -0.25) is 10.3 Å². The average Bonchev–Trinajstić information content (AvgIpc) is 3.36. The summed E-state index contributed by atoms with van der Waals surface area (Å²) < 4.78 is 71.0. The number of amides is 2. The van der Waals surface area contributed by atoms with Crippen LogP contribution >= 0.6 is 11.6 Å². The van der Waals surface area contributed by atoms with Crippen molar-refractivity contribution in [1.82, 2.24) is 19.6 Å². The highest BCUT2D eigenvalue weighted by molar-refractivity contribution is 6.31. The Balaban J connectivity index is 1.67. The normalized spacial score (nSPS) is 18.6. The van der Waals surface area contributed by atoms with E-state index in [0.717, 1.165) is 41.0 Å². The van der Waals surface area contributed by atoms with Gasteiger partial charge in [-0.25, -0.2) is 28.1 Å². The first-order valence-electron chi connectivity index (χ1n) is 10.8. The number of pyridine rings is 1. The SMILES string of the molecule is C[C@@H](O)/C(C=N)=N/Nc1ncc(NC(=O)N2C[C@@](C)(C(F)(F)F)c3c2cnc2cc(Cl)nn32)cc1C(F)F. The first-order chi connectivity index (χ1) is 17.8. The van der Waals surface area contributed by atoms with Crippen molar-refractivity contribution in [3.8, 4) is 0 Å². The fraction of sp³-hybridized carbons (Fsp3) is 0.333. The summed E-state index contributed by atoms with van der Waals surface area (Å²) in [6, 6.07) is 1.08. The molecule has 17 heteroatoms. The number of nitrogens with zero attached hydrogens (tertiary/aromatic N) is 6. The summed E-state index contributed by atoms with van der Waals surface area (Å²) in [5.74, 6) is -0.420. The zero-order valence-electron chi connectivity index (χ0n) is 19.6. The molecule has 3 aromatic rings. The topological polar surface area (TPSA) is 144 Å². The standard InChI is InChI=1S/C21H19ClF5N9O2/c1-9(37)12(5-28)32-33-18-11(17(23)24)3-10(6-30-18)31-19(38)35-8-20(2,21(25,26)27)16-13(35)7-29-15-4-14(22)34-36(15)16/h3-7,9,17,28,37H,8H2,1-2H3,(H,30,33)(H,31,38)/b28-5?,32-12+/t9-,20-/m1/s1. The van der Waals surface area contributed by atoms with Gasteiger partial charge in [0.25, 0.3) is 6.43 Å². The second-order valence-corrected chi connectivity index (χ2v) is 8.89. The van der Waals surface area contributed by atoms with Gasteiger partial charge in [0.2, 0.25) is 0 Å². The first-order valence-corrected chi connectivity index (χ1v) is 11.1. The fourth-order valence-electron chi connectivity index (χ4n) is 3.86. The first kappa shape index (κ1) is 27.1. The van der Waals surface area contributed by atoms with Crippen LogP contribution in [0.4, 0.5) is 43.9 Å². The molecule has 11 nitrogen and oxygen atoms in total. The maximum Gasteiger partial charge on any atom is 0.401 e. The largest absolute Gasteiger partial charge is 0.401 e. The van der Waals surface area contributed by atoms with E-state index in [1.54, 1.807) is 0 Å². The molecule has 0 fully saturated rings. The Bertz CT molecular complexity index is 1440. The van der Waals surface area contributed by atoms with Crippen molar-refractivity contribution in [3.63, 3.8) is 0 Å². The van der Waals surface area contributed by atoms with Gasteiger partial charge in [-0.15, -0.1) is 0 Å². The van der Waals surface area contributed by atoms with Crippen molar-refractivity contribution in [1.29, 1.82) is 5.41 Å². The minimum atomic E-state index is -4.80. The number of rotatable bonds is 6. The zero-order chi connectivity index (χ0) is 28.0. The van der Waals surface area contributed by atoms with Crippen molar-refractivity contribution in [2.45, 2.75) is 38.0 Å². The van der Waals surface area contributed by atoms with Crippen molar-refractivity contribution in [3.05, 3.63) is 40.9 Å². The number of urea groups is 1. The van der Waals surface area contributed by atoms with Crippen LogP contribution in [0.15, 0.2) is 29.6 Å². The summed E-state index contributed by atoms with van der Waals surface area (Å²) in [7, 11) is 0. The van der Waals surface area contributed by atoms with Crippen LogP contribution in [0.1, 0.15) is 31.5 Å². The molecule has 0 saturated carbocycles. The molecule has 0 unspecified atom stereocenters. The number of nitrogens with one attached hydrogen (secondary N) is 3. The smallest absolute Gasteiger partial charge is 0.387 e. The van der Waals surface area contributed by atoms with Crippen LogP contribution in [0.2, 0.25) is 5.15 Å². The van der Waals surface area contributed by atoms with Gasteiger partial charge in [0.15, 0.2) is 16.6 Å². The second kappa shape index (κ2) is 9.75. The molecule has 3 aromatic heterocycles. The Morgan fingerprint density at radius 2 is 2.03 bits per heavy atom. The predicted octanol–water partition coefficient (Wildman–Crippen LogP) is 4.39. The lowest BCUT2D eigenvalue weighted by Crippen LogP contribution is -2.46. The highest BCUT2D eigenvalue weighted by Crippen LogP contribution is 2.50. The number of anilines is 3. The molecule has 38 heavy (non-hydrogen) atoms. The molecule has 2 amide bonds. The number of hydrazone groups is 1. The van der Waals surface area contributed by atoms with Gasteiger partial charge in [0, 0.05) is 18.8 Å². The van der Waals surface area contributed by atoms with Crippen LogP contribution in [0.3, 0.4) is 0 Å². The van der Waals surface area contributed by atoms with Gasteiger partial charge >= 0.3 is 12.2 Å². The number of aliphatic hydroxyl groups excluding tert-OH is 1. The molecule has 4 heterocycles. The van der Waals surface area contributed by atoms with Gasteiger partial charge in [0.1, 0.15) is 11.1 Å². The van der Waals surface area contributed by atoms with Gasteiger partial charge in [0.05, 0.1) is 41.1 Å². The number of hydrogen-bond acceptors (Lipinski definition) is 8. The molecule has 2 atom stereocenters. The summed E-state index contributed by atoms with van der Waals surface area (Å²) in [6.45, 7) is 1.37. The van der Waals surface area contributed by atoms with Crippen LogP contribution in [0.25, 0.3) is 5.65 Å². The molecule has 1 aliphatic rings. The third-order valence-electron chi connectivity index (χ3n) is 5.86. The third-order valence-corrected chi connectivity index (χ3v) is 6.05. The number of hydrogen-bond donors (Lipinski definition) is 4. The highest BCUT2D eigenvalue weighted by atomic mass is 35.5. The number of halogens is 6. The number of carbonyl (C=O) groups excluding carboxylic acids is 1. The molecular formula is C21H19ClF5N9O2. The minimum absolute atomic E-state index is 0.0461. The van der Waals surface area contributed by atoms with E-state index in [1.165, 1.54) is 13.0 Å². The lowest BCUT2D eigenvalue weighted by atomic mass is 9.88. The summed E-state index contributed by atoms with van der Waals surface area (Å²) in [5, 5.41) is 26.4. The van der Waals surface area contributed by atoms with Crippen LogP contribution in [0.5, 0.6) is 0 Å². The Hall–Kier alpha value is -3.92. The van der Waals surface area contributed by atoms with Crippen LogP contribution in [0, 0.1) is 5.41 Å². The molecular weight excluding hydrogens is 541 g/mol. The summed E-state index contributed by atoms with van der Waals surface area (Å²) >= 11 is 5.86. The molecule has 4 rings (SSSR count). The van der Waals surface area contributed by atoms with Crippen molar-refractivity contribution < 1.29 is 31.9 Å². The lowest BCUT2D eigenvalue weighted by Gasteiger charge is -2.28. The minimum Gasteiger partial charge on any atom is -0.387 e. The van der Waals surface area contributed by atoms with Gasteiger partial charge < -0.3 is 15.8 Å². The van der Waals surface area contributed by atoms with E-state index in [1.807, 2.05) is 0 Å². The number of aromatic nitrogens is 4. The summed E-state index contributed by atoms with van der Waals surface area (Å²) in [5.41, 5.74) is -1.92. The van der Waals surface area contributed by atoms with Gasteiger partial charge in [-0.2, -0.15) is 23.4 Å². The van der Waals surface area contributed by atoms with Gasteiger partial charge in [-0.1, -0.05) is 11.6 Å². The summed E-state index contributed by atoms with van der Waals surface area (Å²) in [4.78, 5) is 21.7. The van der Waals surface area contributed by atoms with E-state index in [2.05, 4.69) is 30.9 Å². The number of aliphatic hydroxyl groups is 1. The van der Waals surface area contributed by atoms with Crippen LogP contribution in [-0.4, -0.2) is 61.5 Å². The molecule has 0 radical (unpaired) electrons. The van der Waals surface area contributed by atoms with E-state index < -0.39 is 48.1 Å². The van der Waals surface area contributed by atoms with Gasteiger partial charge in [-0.05, 0) is 19.9 Å². The Morgan fingerprint density at radius 3 is 2.63 bits per heavy atom. The van der Waals surface area contributed by atoms with E-state index in [9.17, 15) is 31.9 Å². The summed E-state index contributed by atoms with van der Waals surface area (Å²) in [6.07, 6.45) is -6.26. The third kappa shape index (κ3) is 4.71. The van der Waals surface area contributed by atoms with Crippen LogP contribution in [-0.2, 0) is 5.41 Å². The molecule has 0 saturated heterocycles. The van der Waals surface area contributed by atoms with E-state index in [4.69, 9.17) is 17.0 Å². The number of alkyl halides is 5. The van der Waals surface area contributed by atoms with Crippen LogP contribution < -0.4 is 15.6 Å². The average molecular weight is 560 g/mol. The Kier molecular flexibility index (Phi) is 6.96. The molecule has 0 spiro atoms. The predicted molar refractivity (Wildman–Crippen MR) is 128 cm³/mol. The monoisotopic (exact) mass is 559 g/mol. The quantitative estimate of drug-likeness (QED) is 0.200. The molecule has 0 aliphatic carbocycles. The maximum absolute atomic E-state index is 14.2. The number of fused-ring (bicyclic) bond motifs is 3. The molecule has 0 aromatic carbocycles. The zero-order valence-corrected chi connectivity index (χ0v) is 20.3. The Morgan fingerprint density at radius 1 is 1.32 bits per heavy atom. The molecule has 4 N–H and O–H groups in total. The Labute approximate surface area is 215 Å². The van der Waals surface area contributed by atoms with E-state index in [0.29, 0.717) is 0 Å². The van der Waals surface area contributed by atoms with E-state index >= 15 is 0 Å². The molecule has 202 valence electrons. The lowest BCUT2D eigenvalue weighted by molar-refractivity contribution is -0.181. The molecule has 1 aliphatic heterocycles. The van der Waals surface area contributed by atoms with Crippen molar-refractivity contribution in [2.75, 3.05) is 22.2 Å². The highest BCUT2D eigenvalue weighted by Gasteiger charge is 2.60. The van der Waals surface area contributed by atoms with Crippen molar-refractivity contribution >= 4 is 52.4 Å². The van der Waals surface area contributed by atoms with Crippen molar-refractivity contribution in [2.24, 2.45) is 5.10 Å².